The van der Waals surface area contributed by atoms with E-state index in [4.69, 9.17) is 10.8 Å². The minimum Gasteiger partial charge on any atom is -0.330 e. The summed E-state index contributed by atoms with van der Waals surface area (Å²) >= 11 is 0. The van der Waals surface area contributed by atoms with Gasteiger partial charge in [0.2, 0.25) is 0 Å². The zero-order valence-electron chi connectivity index (χ0n) is 12.3. The maximum Gasteiger partial charge on any atom is 0.0678 e. The molecule has 2 N–H and O–H groups in total. The SMILES string of the molecule is Cc1ccc(-n2nc(C)c(CCCN)c2C)c(C)c1. The molecule has 0 aliphatic carbocycles. The van der Waals surface area contributed by atoms with E-state index in [1.165, 1.54) is 28.1 Å². The predicted octanol–water partition coefficient (Wildman–Crippen LogP) is 3.00. The first-order valence-electron chi connectivity index (χ1n) is 6.87. The van der Waals surface area contributed by atoms with Crippen LogP contribution in [0.4, 0.5) is 0 Å². The molecule has 1 heterocycles. The fourth-order valence-corrected chi connectivity index (χ4v) is 2.59. The van der Waals surface area contributed by atoms with E-state index in [1.54, 1.807) is 0 Å². The number of aromatic nitrogens is 2. The largest absolute Gasteiger partial charge is 0.330 e. The van der Waals surface area contributed by atoms with Gasteiger partial charge in [0, 0.05) is 5.69 Å². The molecule has 3 nitrogen and oxygen atoms in total. The van der Waals surface area contributed by atoms with Crippen LogP contribution in [0.5, 0.6) is 0 Å². The summed E-state index contributed by atoms with van der Waals surface area (Å²) in [5, 5.41) is 4.70. The molecule has 3 heteroatoms. The zero-order valence-corrected chi connectivity index (χ0v) is 12.3. The maximum absolute atomic E-state index is 5.61. The second-order valence-corrected chi connectivity index (χ2v) is 5.24. The van der Waals surface area contributed by atoms with E-state index in [0.29, 0.717) is 0 Å². The van der Waals surface area contributed by atoms with Gasteiger partial charge in [-0.2, -0.15) is 5.10 Å². The van der Waals surface area contributed by atoms with Crippen molar-refractivity contribution in [2.24, 2.45) is 5.73 Å². The molecule has 0 atom stereocenters. The van der Waals surface area contributed by atoms with E-state index in [9.17, 15) is 0 Å². The Morgan fingerprint density at radius 1 is 1.16 bits per heavy atom. The van der Waals surface area contributed by atoms with Gasteiger partial charge in [-0.3, -0.25) is 0 Å². The lowest BCUT2D eigenvalue weighted by molar-refractivity contribution is 0.812. The van der Waals surface area contributed by atoms with Gasteiger partial charge in [0.15, 0.2) is 0 Å². The summed E-state index contributed by atoms with van der Waals surface area (Å²) in [6.45, 7) is 9.21. The molecule has 0 aliphatic heterocycles. The fraction of sp³-hybridized carbons (Fsp3) is 0.438. The lowest BCUT2D eigenvalue weighted by Crippen LogP contribution is -2.03. The van der Waals surface area contributed by atoms with Gasteiger partial charge in [-0.05, 0) is 64.3 Å². The number of nitrogens with two attached hydrogens (primary N) is 1. The minimum absolute atomic E-state index is 0.730. The smallest absolute Gasteiger partial charge is 0.0678 e. The van der Waals surface area contributed by atoms with Crippen LogP contribution >= 0.6 is 0 Å². The van der Waals surface area contributed by atoms with E-state index >= 15 is 0 Å². The Morgan fingerprint density at radius 3 is 2.53 bits per heavy atom. The third kappa shape index (κ3) is 2.71. The summed E-state index contributed by atoms with van der Waals surface area (Å²) < 4.78 is 2.07. The van der Waals surface area contributed by atoms with Crippen LogP contribution in [0.3, 0.4) is 0 Å². The van der Waals surface area contributed by atoms with Gasteiger partial charge < -0.3 is 5.73 Å². The maximum atomic E-state index is 5.61. The number of hydrogen-bond donors (Lipinski definition) is 1. The summed E-state index contributed by atoms with van der Waals surface area (Å²) in [5.41, 5.74) is 13.0. The fourth-order valence-electron chi connectivity index (χ4n) is 2.59. The molecular formula is C16H23N3. The molecule has 19 heavy (non-hydrogen) atoms. The van der Waals surface area contributed by atoms with Gasteiger partial charge in [-0.15, -0.1) is 0 Å². The average molecular weight is 257 g/mol. The highest BCUT2D eigenvalue weighted by Gasteiger charge is 2.13. The Balaban J connectivity index is 2.45. The standard InChI is InChI=1S/C16H23N3/c1-11-7-8-16(12(2)10-11)19-14(4)15(6-5-9-17)13(3)18-19/h7-8,10H,5-6,9,17H2,1-4H3. The third-order valence-electron chi connectivity index (χ3n) is 3.65. The Morgan fingerprint density at radius 2 is 1.89 bits per heavy atom. The van der Waals surface area contributed by atoms with Crippen molar-refractivity contribution in [3.05, 3.63) is 46.3 Å². The van der Waals surface area contributed by atoms with Crippen molar-refractivity contribution in [2.75, 3.05) is 6.54 Å². The van der Waals surface area contributed by atoms with E-state index in [0.717, 1.165) is 25.1 Å². The Bertz CT molecular complexity index is 582. The number of hydrogen-bond acceptors (Lipinski definition) is 2. The highest BCUT2D eigenvalue weighted by Crippen LogP contribution is 2.22. The van der Waals surface area contributed by atoms with Gasteiger partial charge in [-0.1, -0.05) is 17.7 Å². The lowest BCUT2D eigenvalue weighted by atomic mass is 10.1. The molecule has 0 saturated carbocycles. The highest BCUT2D eigenvalue weighted by molar-refractivity contribution is 5.44. The second kappa shape index (κ2) is 5.57. The topological polar surface area (TPSA) is 43.8 Å². The van der Waals surface area contributed by atoms with Gasteiger partial charge in [0.25, 0.3) is 0 Å². The van der Waals surface area contributed by atoms with Crippen LogP contribution in [0.2, 0.25) is 0 Å². The van der Waals surface area contributed by atoms with Gasteiger partial charge in [0.1, 0.15) is 0 Å². The molecule has 0 aliphatic rings. The van der Waals surface area contributed by atoms with Crippen LogP contribution in [0.15, 0.2) is 18.2 Å². The first-order chi connectivity index (χ1) is 9.04. The van der Waals surface area contributed by atoms with Crippen molar-refractivity contribution >= 4 is 0 Å². The minimum atomic E-state index is 0.730. The summed E-state index contributed by atoms with van der Waals surface area (Å²) in [7, 11) is 0. The molecule has 0 bridgehead atoms. The first kappa shape index (κ1) is 13.8. The van der Waals surface area contributed by atoms with Crippen molar-refractivity contribution in [2.45, 2.75) is 40.5 Å². The Hall–Kier alpha value is -1.61. The van der Waals surface area contributed by atoms with Crippen LogP contribution in [-0.2, 0) is 6.42 Å². The Labute approximate surface area is 115 Å². The molecule has 2 aromatic rings. The van der Waals surface area contributed by atoms with Gasteiger partial charge >= 0.3 is 0 Å². The van der Waals surface area contributed by atoms with Gasteiger partial charge in [0.05, 0.1) is 11.4 Å². The number of nitrogens with zero attached hydrogens (tertiary/aromatic N) is 2. The monoisotopic (exact) mass is 257 g/mol. The molecule has 0 amide bonds. The van der Waals surface area contributed by atoms with Crippen LogP contribution in [0.25, 0.3) is 5.69 Å². The van der Waals surface area contributed by atoms with E-state index in [1.807, 2.05) is 0 Å². The Kier molecular flexibility index (Phi) is 4.05. The summed E-state index contributed by atoms with van der Waals surface area (Å²) in [6.07, 6.45) is 2.03. The van der Waals surface area contributed by atoms with E-state index in [2.05, 4.69) is 50.6 Å². The third-order valence-corrected chi connectivity index (χ3v) is 3.65. The van der Waals surface area contributed by atoms with Crippen LogP contribution < -0.4 is 5.73 Å². The van der Waals surface area contributed by atoms with Crippen molar-refractivity contribution in [3.8, 4) is 5.69 Å². The molecule has 102 valence electrons. The van der Waals surface area contributed by atoms with Crippen LogP contribution in [0.1, 0.15) is 34.5 Å². The van der Waals surface area contributed by atoms with Crippen molar-refractivity contribution in [1.29, 1.82) is 0 Å². The second-order valence-electron chi connectivity index (χ2n) is 5.24. The van der Waals surface area contributed by atoms with E-state index < -0.39 is 0 Å². The van der Waals surface area contributed by atoms with Crippen molar-refractivity contribution in [1.82, 2.24) is 9.78 Å². The molecule has 1 aromatic carbocycles. The van der Waals surface area contributed by atoms with Gasteiger partial charge in [-0.25, -0.2) is 4.68 Å². The summed E-state index contributed by atoms with van der Waals surface area (Å²) in [6, 6.07) is 6.49. The number of benzene rings is 1. The van der Waals surface area contributed by atoms with Crippen molar-refractivity contribution < 1.29 is 0 Å². The lowest BCUT2D eigenvalue weighted by Gasteiger charge is -2.09. The normalized spacial score (nSPS) is 11.0. The van der Waals surface area contributed by atoms with Crippen molar-refractivity contribution in [3.63, 3.8) is 0 Å². The highest BCUT2D eigenvalue weighted by atomic mass is 15.3. The average Bonchev–Trinajstić information content (AvgIpc) is 2.63. The van der Waals surface area contributed by atoms with E-state index in [-0.39, 0.29) is 0 Å². The summed E-state index contributed by atoms with van der Waals surface area (Å²) in [4.78, 5) is 0. The summed E-state index contributed by atoms with van der Waals surface area (Å²) in [5.74, 6) is 0. The molecule has 0 fully saturated rings. The van der Waals surface area contributed by atoms with Crippen LogP contribution in [-0.4, -0.2) is 16.3 Å². The zero-order chi connectivity index (χ0) is 14.0. The van der Waals surface area contributed by atoms with Crippen LogP contribution in [0, 0.1) is 27.7 Å². The first-order valence-corrected chi connectivity index (χ1v) is 6.87. The molecular weight excluding hydrogens is 234 g/mol. The number of aryl methyl sites for hydroxylation is 3. The molecule has 0 unspecified atom stereocenters. The quantitative estimate of drug-likeness (QED) is 0.915. The molecule has 1 aromatic heterocycles. The predicted molar refractivity (Wildman–Crippen MR) is 79.9 cm³/mol. The molecule has 2 rings (SSSR count). The molecule has 0 saturated heterocycles. The number of rotatable bonds is 4. The molecule has 0 radical (unpaired) electrons. The molecule has 0 spiro atoms.